The number of carbonyl (C=O) groups excluding carboxylic acids is 1. The average molecular weight is 299 g/mol. The monoisotopic (exact) mass is 298 g/mol. The molecule has 3 aromatic rings. The molecule has 0 saturated heterocycles. The van der Waals surface area contributed by atoms with Crippen LogP contribution in [0.4, 0.5) is 0 Å². The zero-order chi connectivity index (χ0) is 14.8. The minimum Gasteiger partial charge on any atom is -0.296 e. The van der Waals surface area contributed by atoms with E-state index in [4.69, 9.17) is 11.6 Å². The van der Waals surface area contributed by atoms with Gasteiger partial charge >= 0.3 is 0 Å². The molecule has 0 N–H and O–H groups in total. The molecule has 4 heteroatoms. The number of pyridine rings is 1. The number of hydrogen-bond donors (Lipinski definition) is 0. The van der Waals surface area contributed by atoms with Crippen molar-refractivity contribution in [1.29, 1.82) is 0 Å². The first-order valence-electron chi connectivity index (χ1n) is 6.91. The highest BCUT2D eigenvalue weighted by Gasteiger charge is 2.13. The molecular weight excluding hydrogens is 284 g/mol. The maximum atomic E-state index is 11.4. The first-order chi connectivity index (χ1) is 10.2. The summed E-state index contributed by atoms with van der Waals surface area (Å²) in [5.41, 5.74) is 4.37. The number of fused-ring (bicyclic) bond motifs is 1. The minimum absolute atomic E-state index is 0.549. The van der Waals surface area contributed by atoms with Gasteiger partial charge in [-0.3, -0.25) is 9.20 Å². The second-order valence-electron chi connectivity index (χ2n) is 4.96. The Morgan fingerprint density at radius 2 is 1.90 bits per heavy atom. The van der Waals surface area contributed by atoms with Gasteiger partial charge in [-0.15, -0.1) is 0 Å². The molecule has 0 amide bonds. The Labute approximate surface area is 128 Å². The standard InChI is InChI=1S/C17H15ClN2O/c1-2-12-5-7-13(8-6-12)10-15-16(11-21)20-9-3-4-14(18)17(20)19-15/h3-9,11H,2,10H2,1H3. The maximum Gasteiger partial charge on any atom is 0.168 e. The molecule has 0 saturated carbocycles. The van der Waals surface area contributed by atoms with Crippen LogP contribution in [0.3, 0.4) is 0 Å². The molecular formula is C17H15ClN2O. The van der Waals surface area contributed by atoms with Gasteiger partial charge in [-0.1, -0.05) is 42.8 Å². The van der Waals surface area contributed by atoms with Crippen molar-refractivity contribution >= 4 is 23.5 Å². The molecule has 0 spiro atoms. The Bertz CT molecular complexity index is 790. The average Bonchev–Trinajstić information content (AvgIpc) is 2.87. The summed E-state index contributed by atoms with van der Waals surface area (Å²) in [5.74, 6) is 0. The lowest BCUT2D eigenvalue weighted by Gasteiger charge is -2.01. The molecule has 3 nitrogen and oxygen atoms in total. The fourth-order valence-corrected chi connectivity index (χ4v) is 2.65. The Hall–Kier alpha value is -2.13. The van der Waals surface area contributed by atoms with Crippen LogP contribution in [0.15, 0.2) is 42.6 Å². The molecule has 2 heterocycles. The zero-order valence-corrected chi connectivity index (χ0v) is 12.5. The van der Waals surface area contributed by atoms with Crippen molar-refractivity contribution in [3.63, 3.8) is 0 Å². The van der Waals surface area contributed by atoms with Gasteiger partial charge in [-0.2, -0.15) is 0 Å². The Morgan fingerprint density at radius 3 is 2.57 bits per heavy atom. The van der Waals surface area contributed by atoms with Crippen molar-refractivity contribution < 1.29 is 4.79 Å². The smallest absolute Gasteiger partial charge is 0.168 e. The van der Waals surface area contributed by atoms with Crippen molar-refractivity contribution in [3.8, 4) is 0 Å². The Balaban J connectivity index is 2.03. The number of imidazole rings is 1. The van der Waals surface area contributed by atoms with E-state index >= 15 is 0 Å². The second-order valence-corrected chi connectivity index (χ2v) is 5.37. The number of benzene rings is 1. The van der Waals surface area contributed by atoms with Gasteiger partial charge in [0.15, 0.2) is 11.9 Å². The van der Waals surface area contributed by atoms with Crippen molar-refractivity contribution in [2.24, 2.45) is 0 Å². The van der Waals surface area contributed by atoms with Crippen LogP contribution in [0.25, 0.3) is 5.65 Å². The SMILES string of the molecule is CCc1ccc(Cc2nc3c(Cl)cccn3c2C=O)cc1. The molecule has 0 atom stereocenters. The van der Waals surface area contributed by atoms with Gasteiger partial charge in [0, 0.05) is 12.6 Å². The predicted octanol–water partition coefficient (Wildman–Crippen LogP) is 3.95. The summed E-state index contributed by atoms with van der Waals surface area (Å²) in [4.78, 5) is 15.9. The highest BCUT2D eigenvalue weighted by Crippen LogP contribution is 2.21. The summed E-state index contributed by atoms with van der Waals surface area (Å²) in [7, 11) is 0. The molecule has 106 valence electrons. The molecule has 0 fully saturated rings. The molecule has 0 radical (unpaired) electrons. The summed E-state index contributed by atoms with van der Waals surface area (Å²) in [5, 5.41) is 0.549. The molecule has 0 aliphatic heterocycles. The van der Waals surface area contributed by atoms with Crippen LogP contribution in [0.5, 0.6) is 0 Å². The van der Waals surface area contributed by atoms with Gasteiger partial charge in [0.2, 0.25) is 0 Å². The van der Waals surface area contributed by atoms with Crippen LogP contribution in [0.2, 0.25) is 5.02 Å². The van der Waals surface area contributed by atoms with E-state index in [0.29, 0.717) is 22.8 Å². The normalized spacial score (nSPS) is 11.0. The largest absolute Gasteiger partial charge is 0.296 e. The van der Waals surface area contributed by atoms with E-state index in [1.807, 2.05) is 12.3 Å². The van der Waals surface area contributed by atoms with Crippen molar-refractivity contribution in [3.05, 3.63) is 70.1 Å². The highest BCUT2D eigenvalue weighted by molar-refractivity contribution is 6.33. The van der Waals surface area contributed by atoms with Crippen LogP contribution < -0.4 is 0 Å². The maximum absolute atomic E-state index is 11.4. The molecule has 0 bridgehead atoms. The number of hydrogen-bond acceptors (Lipinski definition) is 2. The molecule has 1 aromatic carbocycles. The van der Waals surface area contributed by atoms with Crippen molar-refractivity contribution in [1.82, 2.24) is 9.38 Å². The molecule has 0 aliphatic rings. The molecule has 0 unspecified atom stereocenters. The van der Waals surface area contributed by atoms with Crippen LogP contribution >= 0.6 is 11.6 Å². The summed E-state index contributed by atoms with van der Waals surface area (Å²) < 4.78 is 1.74. The van der Waals surface area contributed by atoms with Crippen LogP contribution in [0.1, 0.15) is 34.2 Å². The summed E-state index contributed by atoms with van der Waals surface area (Å²) in [6.45, 7) is 2.13. The van der Waals surface area contributed by atoms with E-state index in [0.717, 1.165) is 24.0 Å². The predicted molar refractivity (Wildman–Crippen MR) is 84.2 cm³/mol. The number of carbonyl (C=O) groups is 1. The minimum atomic E-state index is 0.549. The van der Waals surface area contributed by atoms with Gasteiger partial charge in [0.1, 0.15) is 5.69 Å². The van der Waals surface area contributed by atoms with Gasteiger partial charge in [-0.05, 0) is 29.7 Å². The Kier molecular flexibility index (Phi) is 3.76. The third-order valence-corrected chi connectivity index (χ3v) is 3.92. The molecule has 0 aliphatic carbocycles. The van der Waals surface area contributed by atoms with Gasteiger partial charge in [0.05, 0.1) is 10.7 Å². The summed E-state index contributed by atoms with van der Waals surface area (Å²) in [6, 6.07) is 12.0. The quantitative estimate of drug-likeness (QED) is 0.683. The molecule has 3 rings (SSSR count). The van der Waals surface area contributed by atoms with Crippen molar-refractivity contribution in [2.45, 2.75) is 19.8 Å². The lowest BCUT2D eigenvalue weighted by molar-refractivity contribution is 0.111. The van der Waals surface area contributed by atoms with E-state index in [9.17, 15) is 4.79 Å². The van der Waals surface area contributed by atoms with Crippen molar-refractivity contribution in [2.75, 3.05) is 0 Å². The fourth-order valence-electron chi connectivity index (χ4n) is 2.44. The summed E-state index contributed by atoms with van der Waals surface area (Å²) in [6.07, 6.45) is 4.29. The van der Waals surface area contributed by atoms with Gasteiger partial charge in [0.25, 0.3) is 0 Å². The van der Waals surface area contributed by atoms with E-state index in [1.54, 1.807) is 10.5 Å². The third kappa shape index (κ3) is 2.57. The summed E-state index contributed by atoms with van der Waals surface area (Å²) >= 11 is 6.14. The molecule has 2 aromatic heterocycles. The zero-order valence-electron chi connectivity index (χ0n) is 11.7. The van der Waals surface area contributed by atoms with E-state index < -0.39 is 0 Å². The second kappa shape index (κ2) is 5.70. The number of aromatic nitrogens is 2. The lowest BCUT2D eigenvalue weighted by atomic mass is 10.1. The van der Waals surface area contributed by atoms with E-state index in [-0.39, 0.29) is 0 Å². The van der Waals surface area contributed by atoms with Gasteiger partial charge < -0.3 is 0 Å². The first-order valence-corrected chi connectivity index (χ1v) is 7.29. The van der Waals surface area contributed by atoms with Gasteiger partial charge in [-0.25, -0.2) is 4.98 Å². The Morgan fingerprint density at radius 1 is 1.19 bits per heavy atom. The fraction of sp³-hybridized carbons (Fsp3) is 0.176. The highest BCUT2D eigenvalue weighted by atomic mass is 35.5. The number of nitrogens with zero attached hydrogens (tertiary/aromatic N) is 2. The van der Waals surface area contributed by atoms with E-state index in [2.05, 4.69) is 36.2 Å². The lowest BCUT2D eigenvalue weighted by Crippen LogP contribution is -1.96. The van der Waals surface area contributed by atoms with Crippen LogP contribution in [0, 0.1) is 0 Å². The number of halogens is 1. The number of aldehydes is 1. The van der Waals surface area contributed by atoms with Crippen LogP contribution in [-0.4, -0.2) is 15.7 Å². The molecule has 21 heavy (non-hydrogen) atoms. The number of rotatable bonds is 4. The van der Waals surface area contributed by atoms with Crippen LogP contribution in [-0.2, 0) is 12.8 Å². The first kappa shape index (κ1) is 13.8. The number of aryl methyl sites for hydroxylation is 1. The van der Waals surface area contributed by atoms with E-state index in [1.165, 1.54) is 5.56 Å². The topological polar surface area (TPSA) is 34.4 Å². The third-order valence-electron chi connectivity index (χ3n) is 3.63.